The number of rotatable bonds is 2. The topological polar surface area (TPSA) is 37.4 Å². The Balaban J connectivity index is 1.80. The summed E-state index contributed by atoms with van der Waals surface area (Å²) < 4.78 is 0. The number of halogens is 1. The van der Waals surface area contributed by atoms with Crippen molar-refractivity contribution in [3.8, 4) is 0 Å². The summed E-state index contributed by atoms with van der Waals surface area (Å²) in [5.74, 6) is -0.158. The van der Waals surface area contributed by atoms with Crippen molar-refractivity contribution in [1.29, 1.82) is 0 Å². The van der Waals surface area contributed by atoms with Gasteiger partial charge in [0.2, 0.25) is 5.91 Å². The summed E-state index contributed by atoms with van der Waals surface area (Å²) in [6, 6.07) is 7.39. The molecule has 1 saturated carbocycles. The van der Waals surface area contributed by atoms with E-state index in [4.69, 9.17) is 11.6 Å². The maximum atomic E-state index is 12.5. The highest BCUT2D eigenvalue weighted by Gasteiger charge is 2.38. The summed E-state index contributed by atoms with van der Waals surface area (Å²) in [7, 11) is 0. The zero-order chi connectivity index (χ0) is 14.8. The van der Waals surface area contributed by atoms with Crippen LogP contribution in [0.25, 0.3) is 6.08 Å². The molecule has 1 saturated heterocycles. The Bertz CT molecular complexity index is 585. The van der Waals surface area contributed by atoms with Crippen LogP contribution in [0.1, 0.15) is 44.1 Å². The molecular formula is C17H18ClNO2. The number of carbonyl (C=O) groups is 2. The number of benzene rings is 1. The van der Waals surface area contributed by atoms with Crippen LogP contribution in [0.15, 0.2) is 29.8 Å². The number of nitrogens with zero attached hydrogens (tertiary/aromatic N) is 1. The average molecular weight is 304 g/mol. The maximum absolute atomic E-state index is 12.5. The van der Waals surface area contributed by atoms with Crippen molar-refractivity contribution in [1.82, 2.24) is 4.90 Å². The predicted octanol–water partition coefficient (Wildman–Crippen LogP) is 3.82. The molecule has 21 heavy (non-hydrogen) atoms. The molecule has 0 atom stereocenters. The van der Waals surface area contributed by atoms with Gasteiger partial charge in [-0.05, 0) is 36.6 Å². The molecule has 1 aromatic carbocycles. The molecule has 1 heterocycles. The first-order valence-corrected chi connectivity index (χ1v) is 7.85. The first-order chi connectivity index (χ1) is 10.1. The Morgan fingerprint density at radius 3 is 2.38 bits per heavy atom. The summed E-state index contributed by atoms with van der Waals surface area (Å²) in [4.78, 5) is 26.2. The van der Waals surface area contributed by atoms with Gasteiger partial charge in [-0.2, -0.15) is 0 Å². The van der Waals surface area contributed by atoms with E-state index in [0.29, 0.717) is 10.6 Å². The van der Waals surface area contributed by atoms with Crippen molar-refractivity contribution < 1.29 is 9.59 Å². The van der Waals surface area contributed by atoms with Gasteiger partial charge in [-0.1, -0.05) is 43.0 Å². The molecule has 0 spiro atoms. The molecule has 0 bridgehead atoms. The quantitative estimate of drug-likeness (QED) is 0.615. The smallest absolute Gasteiger partial charge is 0.257 e. The predicted molar refractivity (Wildman–Crippen MR) is 82.8 cm³/mol. The van der Waals surface area contributed by atoms with Crippen LogP contribution >= 0.6 is 11.6 Å². The zero-order valence-electron chi connectivity index (χ0n) is 11.8. The zero-order valence-corrected chi connectivity index (χ0v) is 12.6. The molecule has 0 radical (unpaired) electrons. The van der Waals surface area contributed by atoms with Gasteiger partial charge in [0, 0.05) is 16.6 Å². The number of carbonyl (C=O) groups excluding carboxylic acids is 2. The van der Waals surface area contributed by atoms with Gasteiger partial charge in [0.25, 0.3) is 5.91 Å². The lowest BCUT2D eigenvalue weighted by molar-refractivity contribution is -0.141. The molecule has 110 valence electrons. The van der Waals surface area contributed by atoms with Gasteiger partial charge in [0.1, 0.15) is 0 Å². The van der Waals surface area contributed by atoms with E-state index in [-0.39, 0.29) is 24.3 Å². The summed E-state index contributed by atoms with van der Waals surface area (Å²) in [5, 5.41) is 0.662. The Labute approximate surface area is 129 Å². The number of likely N-dealkylation sites (tertiary alicyclic amines) is 1. The summed E-state index contributed by atoms with van der Waals surface area (Å²) in [6.07, 6.45) is 7.35. The summed E-state index contributed by atoms with van der Waals surface area (Å²) >= 11 is 5.85. The van der Waals surface area contributed by atoms with Crippen LogP contribution in [-0.4, -0.2) is 22.8 Å². The molecule has 3 rings (SSSR count). The molecule has 1 aromatic rings. The van der Waals surface area contributed by atoms with Crippen LogP contribution in [0, 0.1) is 0 Å². The van der Waals surface area contributed by atoms with Gasteiger partial charge >= 0.3 is 0 Å². The number of imide groups is 1. The molecular weight excluding hydrogens is 286 g/mol. The highest BCUT2D eigenvalue weighted by Crippen LogP contribution is 2.30. The average Bonchev–Trinajstić information content (AvgIpc) is 2.77. The van der Waals surface area contributed by atoms with Crippen LogP contribution in [0.3, 0.4) is 0 Å². The lowest BCUT2D eigenvalue weighted by Gasteiger charge is -2.29. The Morgan fingerprint density at radius 1 is 1.05 bits per heavy atom. The van der Waals surface area contributed by atoms with Crippen molar-refractivity contribution in [3.05, 3.63) is 40.4 Å². The molecule has 0 unspecified atom stereocenters. The van der Waals surface area contributed by atoms with Gasteiger partial charge in [-0.3, -0.25) is 14.5 Å². The lowest BCUT2D eigenvalue weighted by Crippen LogP contribution is -2.40. The second-order valence-electron chi connectivity index (χ2n) is 5.76. The Kier molecular flexibility index (Phi) is 4.11. The second kappa shape index (κ2) is 6.02. The maximum Gasteiger partial charge on any atom is 0.257 e. The number of hydrogen-bond donors (Lipinski definition) is 0. The number of amides is 2. The highest BCUT2D eigenvalue weighted by molar-refractivity contribution is 6.30. The van der Waals surface area contributed by atoms with E-state index in [1.807, 2.05) is 12.1 Å². The van der Waals surface area contributed by atoms with Crippen molar-refractivity contribution in [3.63, 3.8) is 0 Å². The third-order valence-corrected chi connectivity index (χ3v) is 4.51. The van der Waals surface area contributed by atoms with Crippen molar-refractivity contribution in [2.45, 2.75) is 44.6 Å². The van der Waals surface area contributed by atoms with E-state index in [1.54, 1.807) is 18.2 Å². The van der Waals surface area contributed by atoms with E-state index in [2.05, 4.69) is 0 Å². The molecule has 2 aliphatic rings. The van der Waals surface area contributed by atoms with Gasteiger partial charge in [-0.15, -0.1) is 0 Å². The largest absolute Gasteiger partial charge is 0.275 e. The minimum Gasteiger partial charge on any atom is -0.275 e. The van der Waals surface area contributed by atoms with E-state index < -0.39 is 0 Å². The van der Waals surface area contributed by atoms with Crippen LogP contribution in [0.4, 0.5) is 0 Å². The molecule has 1 aliphatic heterocycles. The fourth-order valence-corrected chi connectivity index (χ4v) is 3.30. The Hall–Kier alpha value is -1.61. The third-order valence-electron chi connectivity index (χ3n) is 4.25. The first-order valence-electron chi connectivity index (χ1n) is 7.47. The molecule has 1 aliphatic carbocycles. The Morgan fingerprint density at radius 2 is 1.71 bits per heavy atom. The molecule has 4 heteroatoms. The van der Waals surface area contributed by atoms with E-state index in [0.717, 1.165) is 31.2 Å². The molecule has 2 fully saturated rings. The normalized spacial score (nSPS) is 22.3. The van der Waals surface area contributed by atoms with Crippen LogP contribution in [0.2, 0.25) is 5.02 Å². The fourth-order valence-electron chi connectivity index (χ4n) is 3.17. The monoisotopic (exact) mass is 303 g/mol. The van der Waals surface area contributed by atoms with Crippen LogP contribution in [-0.2, 0) is 9.59 Å². The summed E-state index contributed by atoms with van der Waals surface area (Å²) in [5.41, 5.74) is 1.49. The fraction of sp³-hybridized carbons (Fsp3) is 0.412. The van der Waals surface area contributed by atoms with Crippen LogP contribution in [0.5, 0.6) is 0 Å². The third kappa shape index (κ3) is 3.03. The lowest BCUT2D eigenvalue weighted by atomic mass is 9.94. The van der Waals surface area contributed by atoms with Crippen molar-refractivity contribution in [2.75, 3.05) is 0 Å². The van der Waals surface area contributed by atoms with Crippen LogP contribution < -0.4 is 0 Å². The highest BCUT2D eigenvalue weighted by atomic mass is 35.5. The van der Waals surface area contributed by atoms with Crippen molar-refractivity contribution >= 4 is 29.5 Å². The summed E-state index contributed by atoms with van der Waals surface area (Å²) in [6.45, 7) is 0. The van der Waals surface area contributed by atoms with Gasteiger partial charge in [0.05, 0.1) is 6.42 Å². The second-order valence-corrected chi connectivity index (χ2v) is 6.20. The van der Waals surface area contributed by atoms with Crippen molar-refractivity contribution in [2.24, 2.45) is 0 Å². The molecule has 0 N–H and O–H groups in total. The van der Waals surface area contributed by atoms with E-state index in [9.17, 15) is 9.59 Å². The molecule has 0 aromatic heterocycles. The van der Waals surface area contributed by atoms with E-state index in [1.165, 1.54) is 11.3 Å². The first kappa shape index (κ1) is 14.3. The molecule has 3 nitrogen and oxygen atoms in total. The molecule has 2 amide bonds. The van der Waals surface area contributed by atoms with E-state index >= 15 is 0 Å². The van der Waals surface area contributed by atoms with Gasteiger partial charge < -0.3 is 0 Å². The van der Waals surface area contributed by atoms with Gasteiger partial charge in [0.15, 0.2) is 0 Å². The minimum atomic E-state index is -0.109. The SMILES string of the molecule is O=C1CC(=Cc2ccc(Cl)cc2)C(=O)N1C1CCCCC1. The number of hydrogen-bond acceptors (Lipinski definition) is 2. The standard InChI is InChI=1S/C17H18ClNO2/c18-14-8-6-12(7-9-14)10-13-11-16(20)19(17(13)21)15-4-2-1-3-5-15/h6-10,15H,1-5,11H2. The minimum absolute atomic E-state index is 0.0490. The van der Waals surface area contributed by atoms with Gasteiger partial charge in [-0.25, -0.2) is 0 Å².